The Labute approximate surface area is 164 Å². The monoisotopic (exact) mass is 404 g/mol. The van der Waals surface area contributed by atoms with Crippen molar-refractivity contribution in [1.29, 1.82) is 0 Å². The fraction of sp³-hybridized carbons (Fsp3) is 0.350. The van der Waals surface area contributed by atoms with Crippen molar-refractivity contribution in [3.63, 3.8) is 0 Å². The molecule has 3 atom stereocenters. The second-order valence-corrected chi connectivity index (χ2v) is 7.15. The highest BCUT2D eigenvalue weighted by molar-refractivity contribution is 5.87. The number of carbonyl (C=O) groups excluding carboxylic acids is 1. The maximum Gasteiger partial charge on any atom is 0.422 e. The van der Waals surface area contributed by atoms with Crippen molar-refractivity contribution in [3.8, 4) is 5.88 Å². The van der Waals surface area contributed by atoms with Gasteiger partial charge in [-0.25, -0.2) is 4.98 Å². The predicted octanol–water partition coefficient (Wildman–Crippen LogP) is 3.88. The second kappa shape index (κ2) is 7.38. The maximum atomic E-state index is 12.6. The summed E-state index contributed by atoms with van der Waals surface area (Å²) in [5.74, 6) is -0.251. The molecule has 0 aliphatic heterocycles. The SMILES string of the molecule is C[C@@H](NC(=O)[C@@H]1C[C@H]1c1cccc2cc[nH]c12)c1cnc(OCC(F)(F)F)cn1. The summed E-state index contributed by atoms with van der Waals surface area (Å²) >= 11 is 0. The van der Waals surface area contributed by atoms with Gasteiger partial charge in [0.05, 0.1) is 24.1 Å². The van der Waals surface area contributed by atoms with Crippen LogP contribution in [0.1, 0.15) is 36.6 Å². The standard InChI is InChI=1S/C20H19F3N4O2/c1-11(16-8-26-17(9-25-16)29-10-20(21,22)23)27-19(28)15-7-14(15)13-4-2-3-12-5-6-24-18(12)13/h2-6,8-9,11,14-15,24H,7,10H2,1H3,(H,27,28)/t11-,14+,15-/m1/s1. The van der Waals surface area contributed by atoms with Crippen LogP contribution >= 0.6 is 0 Å². The highest BCUT2D eigenvalue weighted by atomic mass is 19.4. The number of fused-ring (bicyclic) bond motifs is 1. The van der Waals surface area contributed by atoms with E-state index in [1.807, 2.05) is 30.5 Å². The number of para-hydroxylation sites is 1. The van der Waals surface area contributed by atoms with Crippen molar-refractivity contribution < 1.29 is 22.7 Å². The van der Waals surface area contributed by atoms with Crippen LogP contribution in [-0.2, 0) is 4.79 Å². The van der Waals surface area contributed by atoms with Gasteiger partial charge in [-0.05, 0) is 36.3 Å². The number of amides is 1. The lowest BCUT2D eigenvalue weighted by molar-refractivity contribution is -0.154. The minimum atomic E-state index is -4.44. The molecular formula is C20H19F3N4O2. The molecule has 9 heteroatoms. The summed E-state index contributed by atoms with van der Waals surface area (Å²) in [6, 6.07) is 7.62. The molecule has 1 amide bonds. The van der Waals surface area contributed by atoms with Crippen molar-refractivity contribution >= 4 is 16.8 Å². The van der Waals surface area contributed by atoms with Crippen molar-refractivity contribution in [1.82, 2.24) is 20.3 Å². The number of H-pyrrole nitrogens is 1. The Morgan fingerprint density at radius 1 is 1.31 bits per heavy atom. The van der Waals surface area contributed by atoms with E-state index < -0.39 is 18.8 Å². The summed E-state index contributed by atoms with van der Waals surface area (Å²) in [7, 11) is 0. The first-order valence-corrected chi connectivity index (χ1v) is 9.19. The zero-order valence-corrected chi connectivity index (χ0v) is 15.5. The highest BCUT2D eigenvalue weighted by Crippen LogP contribution is 2.49. The number of benzene rings is 1. The molecule has 29 heavy (non-hydrogen) atoms. The van der Waals surface area contributed by atoms with E-state index in [9.17, 15) is 18.0 Å². The average Bonchev–Trinajstić information content (AvgIpc) is 3.34. The largest absolute Gasteiger partial charge is 0.467 e. The van der Waals surface area contributed by atoms with Crippen LogP contribution < -0.4 is 10.1 Å². The third-order valence-electron chi connectivity index (χ3n) is 4.98. The molecule has 2 heterocycles. The number of nitrogens with zero attached hydrogens (tertiary/aromatic N) is 2. The Morgan fingerprint density at radius 3 is 2.86 bits per heavy atom. The lowest BCUT2D eigenvalue weighted by atomic mass is 10.1. The van der Waals surface area contributed by atoms with Crippen LogP contribution in [0, 0.1) is 5.92 Å². The minimum Gasteiger partial charge on any atom is -0.467 e. The molecule has 1 aromatic carbocycles. The number of hydrogen-bond donors (Lipinski definition) is 2. The van der Waals surface area contributed by atoms with Gasteiger partial charge in [0.15, 0.2) is 6.61 Å². The molecule has 0 unspecified atom stereocenters. The van der Waals surface area contributed by atoms with Gasteiger partial charge < -0.3 is 15.0 Å². The second-order valence-electron chi connectivity index (χ2n) is 7.15. The number of aromatic amines is 1. The zero-order valence-electron chi connectivity index (χ0n) is 15.5. The van der Waals surface area contributed by atoms with Gasteiger partial charge in [-0.2, -0.15) is 13.2 Å². The van der Waals surface area contributed by atoms with Crippen molar-refractivity contribution in [3.05, 3.63) is 54.1 Å². The molecule has 0 saturated heterocycles. The third kappa shape index (κ3) is 4.33. The molecule has 0 bridgehead atoms. The summed E-state index contributed by atoms with van der Waals surface area (Å²) in [4.78, 5) is 23.7. The number of hydrogen-bond acceptors (Lipinski definition) is 4. The molecule has 2 aromatic heterocycles. The number of halogens is 3. The molecule has 3 aromatic rings. The van der Waals surface area contributed by atoms with Gasteiger partial charge in [0, 0.05) is 17.6 Å². The third-order valence-corrected chi connectivity index (χ3v) is 4.98. The topological polar surface area (TPSA) is 79.9 Å². The quantitative estimate of drug-likeness (QED) is 0.654. The summed E-state index contributed by atoms with van der Waals surface area (Å²) < 4.78 is 41.1. The van der Waals surface area contributed by atoms with Gasteiger partial charge in [-0.1, -0.05) is 18.2 Å². The van der Waals surface area contributed by atoms with Crippen LogP contribution in [0.15, 0.2) is 42.9 Å². The van der Waals surface area contributed by atoms with Crippen LogP contribution in [-0.4, -0.2) is 33.6 Å². The van der Waals surface area contributed by atoms with Gasteiger partial charge in [0.25, 0.3) is 0 Å². The van der Waals surface area contributed by atoms with Crippen LogP contribution in [0.2, 0.25) is 0 Å². The summed E-state index contributed by atoms with van der Waals surface area (Å²) in [5.41, 5.74) is 2.63. The molecular weight excluding hydrogens is 385 g/mol. The lowest BCUT2D eigenvalue weighted by Gasteiger charge is -2.14. The Kier molecular flexibility index (Phi) is 4.89. The van der Waals surface area contributed by atoms with Gasteiger partial charge in [0.2, 0.25) is 11.8 Å². The average molecular weight is 404 g/mol. The van der Waals surface area contributed by atoms with Gasteiger partial charge >= 0.3 is 6.18 Å². The van der Waals surface area contributed by atoms with E-state index in [0.717, 1.165) is 29.1 Å². The first-order valence-electron chi connectivity index (χ1n) is 9.19. The predicted molar refractivity (Wildman–Crippen MR) is 99.3 cm³/mol. The molecule has 0 radical (unpaired) electrons. The molecule has 1 aliphatic carbocycles. The molecule has 0 spiro atoms. The number of ether oxygens (including phenoxy) is 1. The summed E-state index contributed by atoms with van der Waals surface area (Å²) in [6.07, 6.45) is 0.643. The van der Waals surface area contributed by atoms with Crippen LogP contribution in [0.5, 0.6) is 5.88 Å². The Balaban J connectivity index is 1.35. The molecule has 2 N–H and O–H groups in total. The molecule has 1 aliphatic rings. The van der Waals surface area contributed by atoms with E-state index in [-0.39, 0.29) is 23.6 Å². The lowest BCUT2D eigenvalue weighted by Crippen LogP contribution is -2.29. The van der Waals surface area contributed by atoms with E-state index in [1.165, 1.54) is 6.20 Å². The Hall–Kier alpha value is -3.10. The molecule has 4 rings (SSSR count). The zero-order chi connectivity index (χ0) is 20.6. The fourth-order valence-electron chi connectivity index (χ4n) is 3.42. The van der Waals surface area contributed by atoms with Gasteiger partial charge in [0.1, 0.15) is 0 Å². The Morgan fingerprint density at radius 2 is 2.14 bits per heavy atom. The smallest absolute Gasteiger partial charge is 0.422 e. The van der Waals surface area contributed by atoms with Crippen LogP contribution in [0.4, 0.5) is 13.2 Å². The molecule has 1 fully saturated rings. The normalized spacial score (nSPS) is 19.7. The first kappa shape index (κ1) is 19.2. The van der Waals surface area contributed by atoms with E-state index in [2.05, 4.69) is 25.0 Å². The van der Waals surface area contributed by atoms with Crippen LogP contribution in [0.25, 0.3) is 10.9 Å². The van der Waals surface area contributed by atoms with Gasteiger partial charge in [-0.3, -0.25) is 9.78 Å². The van der Waals surface area contributed by atoms with E-state index >= 15 is 0 Å². The van der Waals surface area contributed by atoms with E-state index in [0.29, 0.717) is 5.69 Å². The fourth-order valence-corrected chi connectivity index (χ4v) is 3.42. The van der Waals surface area contributed by atoms with Crippen molar-refractivity contribution in [2.24, 2.45) is 5.92 Å². The minimum absolute atomic E-state index is 0.0785. The van der Waals surface area contributed by atoms with Crippen molar-refractivity contribution in [2.75, 3.05) is 6.61 Å². The summed E-state index contributed by atoms with van der Waals surface area (Å²) in [5, 5.41) is 4.02. The number of nitrogens with one attached hydrogen (secondary N) is 2. The van der Waals surface area contributed by atoms with Gasteiger partial charge in [-0.15, -0.1) is 0 Å². The van der Waals surface area contributed by atoms with E-state index in [1.54, 1.807) is 6.92 Å². The number of carbonyl (C=O) groups is 1. The number of alkyl halides is 3. The highest BCUT2D eigenvalue weighted by Gasteiger charge is 2.45. The Bertz CT molecular complexity index is 1020. The number of rotatable bonds is 6. The van der Waals surface area contributed by atoms with E-state index in [4.69, 9.17) is 0 Å². The first-order chi connectivity index (χ1) is 13.8. The number of aromatic nitrogens is 3. The maximum absolute atomic E-state index is 12.6. The molecule has 152 valence electrons. The summed E-state index contributed by atoms with van der Waals surface area (Å²) in [6.45, 7) is 0.325. The molecule has 1 saturated carbocycles. The van der Waals surface area contributed by atoms with Crippen LogP contribution in [0.3, 0.4) is 0 Å². The van der Waals surface area contributed by atoms with Crippen molar-refractivity contribution in [2.45, 2.75) is 31.5 Å². The molecule has 6 nitrogen and oxygen atoms in total.